The monoisotopic (exact) mass is 546 g/mol. The Labute approximate surface area is 227 Å². The first kappa shape index (κ1) is 27.7. The zero-order valence-corrected chi connectivity index (χ0v) is 23.0. The van der Waals surface area contributed by atoms with E-state index in [1.54, 1.807) is 58.0 Å². The lowest BCUT2D eigenvalue weighted by molar-refractivity contribution is -0.156. The fraction of sp³-hybridized carbons (Fsp3) is 0.536. The number of fused-ring (bicyclic) bond motifs is 1. The number of hydrogen-bond acceptors (Lipinski definition) is 6. The summed E-state index contributed by atoms with van der Waals surface area (Å²) >= 11 is 8.07. The summed E-state index contributed by atoms with van der Waals surface area (Å²) in [6.07, 6.45) is 5.60. The van der Waals surface area contributed by atoms with Gasteiger partial charge in [-0.2, -0.15) is 0 Å². The molecule has 7 nitrogen and oxygen atoms in total. The highest BCUT2D eigenvalue weighted by atomic mass is 35.5. The van der Waals surface area contributed by atoms with Gasteiger partial charge in [0.05, 0.1) is 46.5 Å². The van der Waals surface area contributed by atoms with Crippen molar-refractivity contribution in [3.63, 3.8) is 0 Å². The van der Waals surface area contributed by atoms with Crippen LogP contribution in [0.5, 0.6) is 0 Å². The first-order valence-electron chi connectivity index (χ1n) is 12.8. The van der Waals surface area contributed by atoms with Crippen LogP contribution in [0.15, 0.2) is 49.6 Å². The summed E-state index contributed by atoms with van der Waals surface area (Å²) in [4.78, 5) is 45.2. The molecule has 9 heteroatoms. The van der Waals surface area contributed by atoms with Gasteiger partial charge in [0, 0.05) is 11.3 Å². The van der Waals surface area contributed by atoms with Gasteiger partial charge in [0.15, 0.2) is 0 Å². The minimum Gasteiger partial charge on any atom is -0.465 e. The van der Waals surface area contributed by atoms with Crippen LogP contribution in [-0.4, -0.2) is 69.1 Å². The Kier molecular flexibility index (Phi) is 8.12. The molecule has 0 saturated carbocycles. The Morgan fingerprint density at radius 1 is 1.32 bits per heavy atom. The first-order valence-corrected chi connectivity index (χ1v) is 14.0. The second-order valence-corrected chi connectivity index (χ2v) is 12.5. The second kappa shape index (κ2) is 10.8. The predicted octanol–water partition coefficient (Wildman–Crippen LogP) is 4.23. The number of thioether (sulfide) groups is 1. The molecule has 0 aromatic heterocycles. The molecule has 2 amide bonds. The zero-order chi connectivity index (χ0) is 27.0. The van der Waals surface area contributed by atoms with Crippen LogP contribution < -0.4 is 4.90 Å². The second-order valence-electron chi connectivity index (χ2n) is 10.2. The number of nitrogens with zero attached hydrogens (tertiary/aromatic N) is 2. The maximum absolute atomic E-state index is 14.5. The number of esters is 1. The number of carbonyl (C=O) groups is 3. The Bertz CT molecular complexity index is 1090. The molecule has 200 valence electrons. The number of para-hydroxylation sites is 1. The van der Waals surface area contributed by atoms with Crippen molar-refractivity contribution in [2.24, 2.45) is 11.8 Å². The van der Waals surface area contributed by atoms with Crippen molar-refractivity contribution in [2.75, 3.05) is 24.7 Å². The summed E-state index contributed by atoms with van der Waals surface area (Å²) in [5, 5.41) is 10.7. The third-order valence-corrected chi connectivity index (χ3v) is 10.4. The van der Waals surface area contributed by atoms with Crippen molar-refractivity contribution >= 4 is 46.8 Å². The molecule has 0 radical (unpaired) electrons. The summed E-state index contributed by atoms with van der Waals surface area (Å²) < 4.78 is 4.25. The Morgan fingerprint density at radius 3 is 2.68 bits per heavy atom. The van der Waals surface area contributed by atoms with Crippen LogP contribution >= 0.6 is 23.4 Å². The number of halogens is 1. The van der Waals surface area contributed by atoms with Gasteiger partial charge in [-0.1, -0.05) is 42.8 Å². The van der Waals surface area contributed by atoms with E-state index >= 15 is 0 Å². The standard InChI is InChI=1S/C28H35ClN2O5S/c1-5-8-16-36-26(35)22-21-24(33)31(18(7-3)17-32)23(28(21)14-13-27(22,4)37-28)25(34)30(15-6-2)20-12-10-9-11-19(20)29/h5-6,9-12,18,21-23,32H,1-2,7-8,13-17H2,3-4H3/t18-,21-,22+,23?,27-,28?/m0/s1. The molecule has 3 fully saturated rings. The van der Waals surface area contributed by atoms with E-state index in [2.05, 4.69) is 13.2 Å². The van der Waals surface area contributed by atoms with Gasteiger partial charge >= 0.3 is 5.97 Å². The molecule has 3 aliphatic heterocycles. The number of aliphatic hydroxyl groups is 1. The van der Waals surface area contributed by atoms with Crippen molar-refractivity contribution in [3.8, 4) is 0 Å². The van der Waals surface area contributed by atoms with Gasteiger partial charge in [-0.15, -0.1) is 24.9 Å². The number of carbonyl (C=O) groups excluding carboxylic acids is 3. The molecule has 0 aliphatic carbocycles. The minimum atomic E-state index is -0.865. The van der Waals surface area contributed by atoms with E-state index in [1.807, 2.05) is 13.8 Å². The molecule has 3 aliphatic rings. The van der Waals surface area contributed by atoms with Crippen molar-refractivity contribution in [1.29, 1.82) is 0 Å². The van der Waals surface area contributed by atoms with E-state index in [4.69, 9.17) is 16.3 Å². The topological polar surface area (TPSA) is 87.1 Å². The third kappa shape index (κ3) is 4.41. The fourth-order valence-electron chi connectivity index (χ4n) is 6.39. The molecule has 1 N–H and O–H groups in total. The zero-order valence-electron chi connectivity index (χ0n) is 21.4. The number of amides is 2. The highest BCUT2D eigenvalue weighted by molar-refractivity contribution is 8.02. The molecule has 1 aromatic rings. The Morgan fingerprint density at radius 2 is 2.05 bits per heavy atom. The molecule has 3 heterocycles. The molecule has 2 bridgehead atoms. The third-order valence-electron chi connectivity index (χ3n) is 8.07. The van der Waals surface area contributed by atoms with Crippen LogP contribution in [0.4, 0.5) is 5.69 Å². The van der Waals surface area contributed by atoms with E-state index in [1.165, 1.54) is 0 Å². The van der Waals surface area contributed by atoms with Gasteiger partial charge in [0.25, 0.3) is 5.91 Å². The van der Waals surface area contributed by atoms with E-state index in [0.29, 0.717) is 36.4 Å². The van der Waals surface area contributed by atoms with Crippen LogP contribution in [0.3, 0.4) is 0 Å². The van der Waals surface area contributed by atoms with Gasteiger partial charge < -0.3 is 19.6 Å². The molecule has 3 saturated heterocycles. The van der Waals surface area contributed by atoms with Crippen molar-refractivity contribution in [2.45, 2.75) is 61.1 Å². The lowest BCUT2D eigenvalue weighted by Gasteiger charge is -2.39. The largest absolute Gasteiger partial charge is 0.465 e. The predicted molar refractivity (Wildman–Crippen MR) is 147 cm³/mol. The molecule has 4 rings (SSSR count). The Hall–Kier alpha value is -2.29. The number of benzene rings is 1. The number of anilines is 1. The minimum absolute atomic E-state index is 0.201. The van der Waals surface area contributed by atoms with Crippen molar-refractivity contribution in [1.82, 2.24) is 4.90 Å². The van der Waals surface area contributed by atoms with E-state index in [0.717, 1.165) is 0 Å². The number of aliphatic hydroxyl groups excluding tert-OH is 1. The summed E-state index contributed by atoms with van der Waals surface area (Å²) in [5.41, 5.74) is 0.530. The molecular formula is C28H35ClN2O5S. The molecule has 2 unspecified atom stereocenters. The van der Waals surface area contributed by atoms with Gasteiger partial charge in [0.1, 0.15) is 6.04 Å². The van der Waals surface area contributed by atoms with Crippen LogP contribution in [-0.2, 0) is 19.1 Å². The van der Waals surface area contributed by atoms with Gasteiger partial charge in [-0.05, 0) is 44.7 Å². The van der Waals surface area contributed by atoms with Gasteiger partial charge in [0.2, 0.25) is 5.91 Å². The average molecular weight is 547 g/mol. The molecular weight excluding hydrogens is 512 g/mol. The van der Waals surface area contributed by atoms with Crippen molar-refractivity contribution < 1.29 is 24.2 Å². The SMILES string of the molecule is C=CCCOC(=O)[C@H]1[C@H]2C(=O)N([C@@H](CC)CO)C(C(=O)N(CC=C)c3ccccc3Cl)C23CC[C@]1(C)S3. The molecule has 1 spiro atoms. The van der Waals surface area contributed by atoms with Gasteiger partial charge in [-0.25, -0.2) is 0 Å². The van der Waals surface area contributed by atoms with Crippen LogP contribution in [0.1, 0.15) is 39.5 Å². The molecule has 37 heavy (non-hydrogen) atoms. The number of likely N-dealkylation sites (tertiary alicyclic amines) is 1. The van der Waals surface area contributed by atoms with E-state index in [-0.39, 0.29) is 31.6 Å². The highest BCUT2D eigenvalue weighted by Crippen LogP contribution is 2.72. The normalized spacial score (nSPS) is 30.6. The Balaban J connectivity index is 1.81. The molecule has 6 atom stereocenters. The van der Waals surface area contributed by atoms with Crippen LogP contribution in [0.2, 0.25) is 5.02 Å². The number of hydrogen-bond donors (Lipinski definition) is 1. The lowest BCUT2D eigenvalue weighted by Crippen LogP contribution is -2.57. The van der Waals surface area contributed by atoms with Crippen molar-refractivity contribution in [3.05, 3.63) is 54.6 Å². The maximum Gasteiger partial charge on any atom is 0.311 e. The maximum atomic E-state index is 14.5. The quantitative estimate of drug-likeness (QED) is 0.254. The summed E-state index contributed by atoms with van der Waals surface area (Å²) in [7, 11) is 0. The van der Waals surface area contributed by atoms with Crippen LogP contribution in [0.25, 0.3) is 0 Å². The highest BCUT2D eigenvalue weighted by Gasteiger charge is 2.78. The fourth-order valence-corrected chi connectivity index (χ4v) is 8.96. The summed E-state index contributed by atoms with van der Waals surface area (Å²) in [6.45, 7) is 11.5. The average Bonchev–Trinajstić information content (AvgIpc) is 3.45. The van der Waals surface area contributed by atoms with Gasteiger partial charge in [-0.3, -0.25) is 14.4 Å². The lowest BCUT2D eigenvalue weighted by atomic mass is 9.66. The van der Waals surface area contributed by atoms with E-state index < -0.39 is 39.4 Å². The molecule has 1 aromatic carbocycles. The number of rotatable bonds is 11. The van der Waals surface area contributed by atoms with Crippen LogP contribution in [0, 0.1) is 11.8 Å². The number of ether oxygens (including phenoxy) is 1. The first-order chi connectivity index (χ1) is 17.7. The summed E-state index contributed by atoms with van der Waals surface area (Å²) in [6, 6.07) is 5.66. The smallest absolute Gasteiger partial charge is 0.311 e. The summed E-state index contributed by atoms with van der Waals surface area (Å²) in [5.74, 6) is -2.34. The van der Waals surface area contributed by atoms with E-state index in [9.17, 15) is 19.5 Å².